The molecule has 0 aliphatic rings. The second-order valence-electron chi connectivity index (χ2n) is 5.75. The van der Waals surface area contributed by atoms with E-state index in [1.54, 1.807) is 28.0 Å². The van der Waals surface area contributed by atoms with Gasteiger partial charge in [0, 0.05) is 28.0 Å². The number of thiophene rings is 1. The third-order valence-corrected chi connectivity index (χ3v) is 5.52. The van der Waals surface area contributed by atoms with Gasteiger partial charge in [-0.1, -0.05) is 12.8 Å². The molecule has 4 rings (SSSR count). The Balaban J connectivity index is 0.000000449. The number of hydrogen-bond acceptors (Lipinski definition) is 10. The molecule has 10 heteroatoms. The van der Waals surface area contributed by atoms with Crippen molar-refractivity contribution in [3.8, 4) is 21.1 Å². The van der Waals surface area contributed by atoms with Crippen molar-refractivity contribution < 1.29 is 4.79 Å². The molecule has 7 nitrogen and oxygen atoms in total. The topological polar surface area (TPSA) is 97.9 Å². The van der Waals surface area contributed by atoms with E-state index in [0.717, 1.165) is 43.2 Å². The number of thiol groups is 1. The number of carbonyl (C=O) groups excluding carboxylic acids is 1. The van der Waals surface area contributed by atoms with Gasteiger partial charge in [0.05, 0.1) is 16.3 Å². The Hall–Kier alpha value is -2.24. The molecule has 0 aliphatic heterocycles. The molecule has 0 bridgehead atoms. The Morgan fingerprint density at radius 2 is 1.83 bits per heavy atom. The number of fused-ring (bicyclic) bond motifs is 1. The quantitative estimate of drug-likeness (QED) is 0.363. The fraction of sp³-hybridized carbons (Fsp3) is 0.211. The van der Waals surface area contributed by atoms with E-state index >= 15 is 0 Å². The molecule has 0 saturated carbocycles. The highest BCUT2D eigenvalue weighted by molar-refractivity contribution is 7.77. The van der Waals surface area contributed by atoms with Gasteiger partial charge in [-0.2, -0.15) is 0 Å². The fourth-order valence-electron chi connectivity index (χ4n) is 2.36. The highest BCUT2D eigenvalue weighted by Gasteiger charge is 2.15. The van der Waals surface area contributed by atoms with Crippen LogP contribution in [0.2, 0.25) is 0 Å². The number of nitrogens with zero attached hydrogens (tertiary/aromatic N) is 5. The first kappa shape index (κ1) is 23.0. The lowest BCUT2D eigenvalue weighted by Crippen LogP contribution is -1.91. The van der Waals surface area contributed by atoms with E-state index in [9.17, 15) is 4.79 Å². The van der Waals surface area contributed by atoms with Crippen LogP contribution in [0, 0.1) is 6.92 Å². The SMILES string of the molecule is CN.CN(C)S.Cc1nc(-c2cncnc2)sc1-c1cc2sccc2c(C=O)n1. The molecule has 0 saturated heterocycles. The van der Waals surface area contributed by atoms with Crippen molar-refractivity contribution in [1.82, 2.24) is 24.2 Å². The number of pyridine rings is 1. The lowest BCUT2D eigenvalue weighted by Gasteiger charge is -2.01. The minimum Gasteiger partial charge on any atom is -0.333 e. The normalized spacial score (nSPS) is 10.2. The molecule has 152 valence electrons. The zero-order valence-corrected chi connectivity index (χ0v) is 19.1. The van der Waals surface area contributed by atoms with Crippen LogP contribution in [0.3, 0.4) is 0 Å². The maximum atomic E-state index is 11.3. The molecule has 0 aliphatic carbocycles. The van der Waals surface area contributed by atoms with Crippen LogP contribution >= 0.6 is 35.5 Å². The zero-order chi connectivity index (χ0) is 21.4. The number of aromatic nitrogens is 4. The standard InChI is InChI=1S/C16H10N4OS2.C2H7NS.CH5N/c1-9-15(23-16(19-9)10-5-17-8-18-6-10)12-4-14-11(2-3-22-14)13(7-21)20-12;1-3(2)4;1-2/h2-8H,1H3;4H,1-2H3;2H2,1H3. The monoisotopic (exact) mass is 446 g/mol. The second kappa shape index (κ2) is 11.1. The molecule has 0 radical (unpaired) electrons. The van der Waals surface area contributed by atoms with E-state index in [1.807, 2.05) is 38.5 Å². The summed E-state index contributed by atoms with van der Waals surface area (Å²) in [5.74, 6) is 0. The molecule has 0 unspecified atom stereocenters. The van der Waals surface area contributed by atoms with Crippen LogP contribution in [-0.2, 0) is 0 Å². The van der Waals surface area contributed by atoms with Gasteiger partial charge < -0.3 is 5.73 Å². The van der Waals surface area contributed by atoms with Gasteiger partial charge in [0.25, 0.3) is 0 Å². The number of thiazole rings is 1. The molecular formula is C19H22N6OS3. The zero-order valence-electron chi connectivity index (χ0n) is 16.5. The Kier molecular flexibility index (Phi) is 8.80. The van der Waals surface area contributed by atoms with E-state index in [2.05, 4.69) is 38.5 Å². The summed E-state index contributed by atoms with van der Waals surface area (Å²) in [6, 6.07) is 3.94. The molecule has 0 spiro atoms. The largest absolute Gasteiger partial charge is 0.333 e. The fourth-order valence-corrected chi connectivity index (χ4v) is 4.20. The molecule has 0 atom stereocenters. The van der Waals surface area contributed by atoms with Crippen molar-refractivity contribution in [3.05, 3.63) is 47.6 Å². The van der Waals surface area contributed by atoms with Gasteiger partial charge in [0.15, 0.2) is 6.29 Å². The van der Waals surface area contributed by atoms with Crippen molar-refractivity contribution in [1.29, 1.82) is 0 Å². The summed E-state index contributed by atoms with van der Waals surface area (Å²) in [5.41, 5.74) is 7.50. The number of aryl methyl sites for hydroxylation is 1. The molecular weight excluding hydrogens is 424 g/mol. The van der Waals surface area contributed by atoms with Gasteiger partial charge in [-0.3, -0.25) is 9.10 Å². The summed E-state index contributed by atoms with van der Waals surface area (Å²) in [5, 5.41) is 3.71. The van der Waals surface area contributed by atoms with Crippen molar-refractivity contribution in [2.45, 2.75) is 6.92 Å². The van der Waals surface area contributed by atoms with Crippen molar-refractivity contribution in [2.75, 3.05) is 21.1 Å². The Morgan fingerprint density at radius 1 is 1.17 bits per heavy atom. The van der Waals surface area contributed by atoms with Crippen molar-refractivity contribution in [3.63, 3.8) is 0 Å². The number of hydrogen-bond donors (Lipinski definition) is 2. The maximum Gasteiger partial charge on any atom is 0.169 e. The minimum absolute atomic E-state index is 0.469. The van der Waals surface area contributed by atoms with E-state index in [0.29, 0.717) is 5.69 Å². The van der Waals surface area contributed by atoms with Crippen LogP contribution in [0.5, 0.6) is 0 Å². The van der Waals surface area contributed by atoms with Gasteiger partial charge in [-0.05, 0) is 45.6 Å². The highest BCUT2D eigenvalue weighted by Crippen LogP contribution is 2.36. The number of rotatable bonds is 3. The Labute approximate surface area is 183 Å². The van der Waals surface area contributed by atoms with Crippen LogP contribution in [0.15, 0.2) is 36.2 Å². The molecule has 29 heavy (non-hydrogen) atoms. The van der Waals surface area contributed by atoms with Crippen molar-refractivity contribution >= 4 is 51.9 Å². The van der Waals surface area contributed by atoms with Crippen molar-refractivity contribution in [2.24, 2.45) is 5.73 Å². The van der Waals surface area contributed by atoms with Gasteiger partial charge in [-0.15, -0.1) is 22.7 Å². The van der Waals surface area contributed by atoms with Crippen LogP contribution in [0.1, 0.15) is 16.2 Å². The molecule has 0 aromatic carbocycles. The Morgan fingerprint density at radius 3 is 2.45 bits per heavy atom. The first-order chi connectivity index (χ1) is 14.0. The molecule has 4 aromatic rings. The third-order valence-electron chi connectivity index (χ3n) is 3.43. The average Bonchev–Trinajstić information content (AvgIpc) is 3.35. The lowest BCUT2D eigenvalue weighted by molar-refractivity contribution is 0.112. The molecule has 0 amide bonds. The number of carbonyl (C=O) groups is 1. The predicted molar refractivity (Wildman–Crippen MR) is 125 cm³/mol. The van der Waals surface area contributed by atoms with Crippen LogP contribution in [-0.4, -0.2) is 51.7 Å². The molecule has 2 N–H and O–H groups in total. The second-order valence-corrected chi connectivity index (χ2v) is 8.50. The van der Waals surface area contributed by atoms with E-state index in [-0.39, 0.29) is 0 Å². The first-order valence-corrected chi connectivity index (χ1v) is 10.6. The number of aldehydes is 1. The smallest absolute Gasteiger partial charge is 0.169 e. The predicted octanol–water partition coefficient (Wildman–Crippen LogP) is 3.97. The molecule has 0 fully saturated rings. The third kappa shape index (κ3) is 5.87. The van der Waals surface area contributed by atoms with Gasteiger partial charge in [0.1, 0.15) is 17.0 Å². The summed E-state index contributed by atoms with van der Waals surface area (Å²) in [4.78, 5) is 29.4. The first-order valence-electron chi connectivity index (χ1n) is 8.50. The highest BCUT2D eigenvalue weighted by atomic mass is 32.1. The summed E-state index contributed by atoms with van der Waals surface area (Å²) in [7, 11) is 5.23. The van der Waals surface area contributed by atoms with Crippen LogP contribution in [0.4, 0.5) is 0 Å². The van der Waals surface area contributed by atoms with Crippen LogP contribution in [0.25, 0.3) is 31.2 Å². The van der Waals surface area contributed by atoms with E-state index < -0.39 is 0 Å². The van der Waals surface area contributed by atoms with E-state index in [4.69, 9.17) is 0 Å². The van der Waals surface area contributed by atoms with Gasteiger partial charge in [-0.25, -0.2) is 19.9 Å². The maximum absolute atomic E-state index is 11.3. The van der Waals surface area contributed by atoms with Gasteiger partial charge in [0.2, 0.25) is 0 Å². The molecule has 4 heterocycles. The van der Waals surface area contributed by atoms with E-state index in [1.165, 1.54) is 24.7 Å². The van der Waals surface area contributed by atoms with Gasteiger partial charge >= 0.3 is 0 Å². The molecule has 4 aromatic heterocycles. The minimum atomic E-state index is 0.469. The lowest BCUT2D eigenvalue weighted by atomic mass is 10.2. The Bertz CT molecular complexity index is 1060. The summed E-state index contributed by atoms with van der Waals surface area (Å²) < 4.78 is 2.74. The summed E-state index contributed by atoms with van der Waals surface area (Å²) in [6.45, 7) is 1.94. The summed E-state index contributed by atoms with van der Waals surface area (Å²) >= 11 is 6.93. The van der Waals surface area contributed by atoms with Crippen LogP contribution < -0.4 is 5.73 Å². The average molecular weight is 447 g/mol. The number of nitrogens with two attached hydrogens (primary N) is 1. The summed E-state index contributed by atoms with van der Waals surface area (Å²) in [6.07, 6.45) is 5.78.